The fourth-order valence-electron chi connectivity index (χ4n) is 2.80. The molecule has 1 aliphatic carbocycles. The first-order chi connectivity index (χ1) is 9.00. The number of rotatable bonds is 6. The second-order valence-electron chi connectivity index (χ2n) is 6.15. The molecule has 2 N–H and O–H groups in total. The minimum atomic E-state index is 0.0826. The van der Waals surface area contributed by atoms with Crippen LogP contribution in [-0.2, 0) is 0 Å². The first-order valence-corrected chi connectivity index (χ1v) is 7.64. The third-order valence-corrected chi connectivity index (χ3v) is 4.02. The van der Waals surface area contributed by atoms with Gasteiger partial charge in [0, 0.05) is 23.7 Å². The largest absolute Gasteiger partial charge is 0.326 e. The van der Waals surface area contributed by atoms with E-state index in [0.29, 0.717) is 12.0 Å². The zero-order valence-electron chi connectivity index (χ0n) is 12.1. The number of nitrogens with two attached hydrogens (primary N) is 1. The summed E-state index contributed by atoms with van der Waals surface area (Å²) in [6.45, 7) is 7.70. The summed E-state index contributed by atoms with van der Waals surface area (Å²) < 4.78 is 0. The third-order valence-electron chi connectivity index (χ3n) is 3.67. The first kappa shape index (κ1) is 14.8. The van der Waals surface area contributed by atoms with Gasteiger partial charge in [0.15, 0.2) is 0 Å². The number of nitrogens with zero attached hydrogens (tertiary/aromatic N) is 1. The van der Waals surface area contributed by atoms with E-state index in [1.807, 2.05) is 12.1 Å². The number of hydrogen-bond acceptors (Lipinski definition) is 2. The molecule has 0 amide bonds. The van der Waals surface area contributed by atoms with Crippen LogP contribution in [-0.4, -0.2) is 23.5 Å². The molecule has 1 aromatic carbocycles. The molecule has 2 unspecified atom stereocenters. The first-order valence-electron chi connectivity index (χ1n) is 7.26. The van der Waals surface area contributed by atoms with Crippen molar-refractivity contribution in [2.45, 2.75) is 51.7 Å². The Morgan fingerprint density at radius 1 is 1.26 bits per heavy atom. The Morgan fingerprint density at radius 2 is 1.89 bits per heavy atom. The van der Waals surface area contributed by atoms with Gasteiger partial charge in [0.2, 0.25) is 0 Å². The predicted molar refractivity (Wildman–Crippen MR) is 82.4 cm³/mol. The maximum Gasteiger partial charge on any atom is 0.0514 e. The predicted octanol–water partition coefficient (Wildman–Crippen LogP) is 3.85. The Bertz CT molecular complexity index is 413. The van der Waals surface area contributed by atoms with Crippen molar-refractivity contribution in [2.24, 2.45) is 11.7 Å². The average Bonchev–Trinajstić information content (AvgIpc) is 3.13. The van der Waals surface area contributed by atoms with Gasteiger partial charge in [-0.05, 0) is 37.3 Å². The van der Waals surface area contributed by atoms with Crippen molar-refractivity contribution in [3.63, 3.8) is 0 Å². The van der Waals surface area contributed by atoms with Crippen LogP contribution >= 0.6 is 11.6 Å². The van der Waals surface area contributed by atoms with Crippen LogP contribution in [0, 0.1) is 5.92 Å². The molecule has 106 valence electrons. The highest BCUT2D eigenvalue weighted by molar-refractivity contribution is 6.31. The van der Waals surface area contributed by atoms with Crippen molar-refractivity contribution in [3.05, 3.63) is 34.9 Å². The Labute approximate surface area is 121 Å². The second-order valence-corrected chi connectivity index (χ2v) is 6.55. The van der Waals surface area contributed by atoms with Gasteiger partial charge in [-0.1, -0.05) is 43.6 Å². The van der Waals surface area contributed by atoms with E-state index in [0.717, 1.165) is 11.6 Å². The maximum absolute atomic E-state index is 6.39. The van der Waals surface area contributed by atoms with Crippen LogP contribution in [0.5, 0.6) is 0 Å². The van der Waals surface area contributed by atoms with E-state index in [4.69, 9.17) is 17.3 Å². The lowest BCUT2D eigenvalue weighted by atomic mass is 9.97. The van der Waals surface area contributed by atoms with Gasteiger partial charge in [0.25, 0.3) is 0 Å². The molecular weight excluding hydrogens is 256 g/mol. The van der Waals surface area contributed by atoms with Gasteiger partial charge in [0.05, 0.1) is 6.04 Å². The molecular formula is C16H25ClN2. The third kappa shape index (κ3) is 3.71. The quantitative estimate of drug-likeness (QED) is 0.858. The minimum Gasteiger partial charge on any atom is -0.326 e. The Hall–Kier alpha value is -0.570. The van der Waals surface area contributed by atoms with Crippen molar-refractivity contribution in [3.8, 4) is 0 Å². The van der Waals surface area contributed by atoms with Crippen LogP contribution in [0.15, 0.2) is 24.3 Å². The lowest BCUT2D eigenvalue weighted by Gasteiger charge is -2.36. The summed E-state index contributed by atoms with van der Waals surface area (Å²) in [6.07, 6.45) is 2.58. The van der Waals surface area contributed by atoms with Gasteiger partial charge in [-0.25, -0.2) is 0 Å². The molecule has 1 aromatic rings. The lowest BCUT2D eigenvalue weighted by molar-refractivity contribution is 0.148. The van der Waals surface area contributed by atoms with Crippen molar-refractivity contribution in [1.29, 1.82) is 0 Å². The summed E-state index contributed by atoms with van der Waals surface area (Å²) in [5.41, 5.74) is 7.45. The van der Waals surface area contributed by atoms with E-state index < -0.39 is 0 Å². The normalized spacial score (nSPS) is 18.9. The zero-order chi connectivity index (χ0) is 14.0. The van der Waals surface area contributed by atoms with E-state index in [-0.39, 0.29) is 12.1 Å². The molecule has 1 saturated carbocycles. The van der Waals surface area contributed by atoms with Crippen LogP contribution in [0.25, 0.3) is 0 Å². The highest BCUT2D eigenvalue weighted by atomic mass is 35.5. The summed E-state index contributed by atoms with van der Waals surface area (Å²) in [5.74, 6) is 0.643. The van der Waals surface area contributed by atoms with Crippen LogP contribution in [0.4, 0.5) is 0 Å². The van der Waals surface area contributed by atoms with Crippen molar-refractivity contribution in [1.82, 2.24) is 4.90 Å². The van der Waals surface area contributed by atoms with Gasteiger partial charge >= 0.3 is 0 Å². The number of benzene rings is 1. The molecule has 3 heteroatoms. The summed E-state index contributed by atoms with van der Waals surface area (Å²) in [5, 5.41) is 0.833. The fraction of sp³-hybridized carbons (Fsp3) is 0.625. The van der Waals surface area contributed by atoms with Gasteiger partial charge in [-0.3, -0.25) is 4.90 Å². The maximum atomic E-state index is 6.39. The van der Waals surface area contributed by atoms with Gasteiger partial charge < -0.3 is 5.73 Å². The molecule has 0 spiro atoms. The Kier molecular flexibility index (Phi) is 4.88. The summed E-state index contributed by atoms with van der Waals surface area (Å²) in [6, 6.07) is 9.11. The van der Waals surface area contributed by atoms with E-state index >= 15 is 0 Å². The lowest BCUT2D eigenvalue weighted by Crippen LogP contribution is -2.42. The Morgan fingerprint density at radius 3 is 2.37 bits per heavy atom. The zero-order valence-corrected chi connectivity index (χ0v) is 12.9. The van der Waals surface area contributed by atoms with Gasteiger partial charge in [-0.2, -0.15) is 0 Å². The average molecular weight is 281 g/mol. The van der Waals surface area contributed by atoms with Gasteiger partial charge in [-0.15, -0.1) is 0 Å². The molecule has 0 saturated heterocycles. The monoisotopic (exact) mass is 280 g/mol. The summed E-state index contributed by atoms with van der Waals surface area (Å²) in [4.78, 5) is 2.57. The summed E-state index contributed by atoms with van der Waals surface area (Å²) >= 11 is 6.39. The standard InChI is InChI=1S/C16H25ClN2/c1-11(2)10-19(13-8-9-13)16(12(3)18)14-6-4-5-7-15(14)17/h4-7,11-13,16H,8-10,18H2,1-3H3. The molecule has 2 rings (SSSR count). The SMILES string of the molecule is CC(C)CN(C1CC1)C(c1ccccc1Cl)C(C)N. The van der Waals surface area contributed by atoms with Crippen LogP contribution in [0.3, 0.4) is 0 Å². The van der Waals surface area contributed by atoms with Crippen LogP contribution < -0.4 is 5.73 Å². The smallest absolute Gasteiger partial charge is 0.0514 e. The summed E-state index contributed by atoms with van der Waals surface area (Å²) in [7, 11) is 0. The van der Waals surface area contributed by atoms with Crippen molar-refractivity contribution < 1.29 is 0 Å². The van der Waals surface area contributed by atoms with Gasteiger partial charge in [0.1, 0.15) is 0 Å². The molecule has 19 heavy (non-hydrogen) atoms. The molecule has 1 aliphatic rings. The highest BCUT2D eigenvalue weighted by Crippen LogP contribution is 2.38. The minimum absolute atomic E-state index is 0.0826. The Balaban J connectivity index is 2.30. The molecule has 1 fully saturated rings. The number of hydrogen-bond donors (Lipinski definition) is 1. The highest BCUT2D eigenvalue weighted by Gasteiger charge is 2.37. The molecule has 2 atom stereocenters. The molecule has 0 radical (unpaired) electrons. The van der Waals surface area contributed by atoms with Crippen molar-refractivity contribution in [2.75, 3.05) is 6.54 Å². The molecule has 0 aromatic heterocycles. The van der Waals surface area contributed by atoms with E-state index in [9.17, 15) is 0 Å². The van der Waals surface area contributed by atoms with Crippen molar-refractivity contribution >= 4 is 11.6 Å². The molecule has 2 nitrogen and oxygen atoms in total. The van der Waals surface area contributed by atoms with E-state index in [1.54, 1.807) is 0 Å². The number of halogens is 1. The molecule has 0 bridgehead atoms. The molecule has 0 aliphatic heterocycles. The van der Waals surface area contributed by atoms with Crippen LogP contribution in [0.1, 0.15) is 45.2 Å². The topological polar surface area (TPSA) is 29.3 Å². The fourth-order valence-corrected chi connectivity index (χ4v) is 3.04. The second kappa shape index (κ2) is 6.25. The van der Waals surface area contributed by atoms with Crippen LogP contribution in [0.2, 0.25) is 5.02 Å². The van der Waals surface area contributed by atoms with E-state index in [2.05, 4.69) is 37.8 Å². The molecule has 0 heterocycles. The van der Waals surface area contributed by atoms with E-state index in [1.165, 1.54) is 18.4 Å².